The number of hydrogen-bond donors (Lipinski definition) is 1. The molecule has 0 amide bonds. The van der Waals surface area contributed by atoms with E-state index in [9.17, 15) is 4.79 Å². The summed E-state index contributed by atoms with van der Waals surface area (Å²) in [6.07, 6.45) is 9.16. The van der Waals surface area contributed by atoms with Crippen LogP contribution in [0.2, 0.25) is 0 Å². The quantitative estimate of drug-likeness (QED) is 0.813. The minimum Gasteiger partial charge on any atom is -0.305 e. The zero-order valence-electron chi connectivity index (χ0n) is 11.4. The molecular formula is C15H27NO. The molecule has 1 aliphatic carbocycles. The molecule has 1 heterocycles. The van der Waals surface area contributed by atoms with E-state index in [1.165, 1.54) is 19.3 Å². The van der Waals surface area contributed by atoms with Gasteiger partial charge in [0.15, 0.2) is 5.78 Å². The Morgan fingerprint density at radius 2 is 2.00 bits per heavy atom. The molecule has 2 fully saturated rings. The molecule has 0 aromatic carbocycles. The maximum Gasteiger partial charge on any atom is 0.155 e. The maximum absolute atomic E-state index is 12.8. The summed E-state index contributed by atoms with van der Waals surface area (Å²) in [7, 11) is 0. The Labute approximate surface area is 106 Å². The predicted molar refractivity (Wildman–Crippen MR) is 71.0 cm³/mol. The maximum atomic E-state index is 12.8. The van der Waals surface area contributed by atoms with Gasteiger partial charge in [-0.1, -0.05) is 33.1 Å². The number of carbonyl (C=O) groups excluding carboxylic acids is 1. The van der Waals surface area contributed by atoms with Crippen LogP contribution in [0.15, 0.2) is 0 Å². The molecule has 2 nitrogen and oxygen atoms in total. The van der Waals surface area contributed by atoms with Crippen molar-refractivity contribution >= 4 is 5.78 Å². The first-order valence-electron chi connectivity index (χ1n) is 7.47. The molecule has 0 spiro atoms. The van der Waals surface area contributed by atoms with Crippen molar-refractivity contribution in [3.8, 4) is 0 Å². The Kier molecular flexibility index (Phi) is 4.24. The molecule has 0 aromatic heterocycles. The highest BCUT2D eigenvalue weighted by Crippen LogP contribution is 2.35. The predicted octanol–water partition coefficient (Wildman–Crippen LogP) is 3.30. The number of carbonyl (C=O) groups is 1. The van der Waals surface area contributed by atoms with Crippen LogP contribution in [0.3, 0.4) is 0 Å². The molecule has 2 rings (SSSR count). The third-order valence-electron chi connectivity index (χ3n) is 4.78. The Hall–Kier alpha value is -0.370. The highest BCUT2D eigenvalue weighted by Gasteiger charge is 2.43. The van der Waals surface area contributed by atoms with E-state index in [0.29, 0.717) is 11.7 Å². The summed E-state index contributed by atoms with van der Waals surface area (Å²) in [6.45, 7) is 5.54. The van der Waals surface area contributed by atoms with Crippen molar-refractivity contribution in [1.29, 1.82) is 0 Å². The average Bonchev–Trinajstić information content (AvgIpc) is 2.79. The van der Waals surface area contributed by atoms with Crippen LogP contribution in [0.4, 0.5) is 0 Å². The monoisotopic (exact) mass is 237 g/mol. The molecule has 0 radical (unpaired) electrons. The van der Waals surface area contributed by atoms with Crippen LogP contribution in [-0.4, -0.2) is 17.9 Å². The molecule has 1 atom stereocenters. The molecule has 1 unspecified atom stereocenters. The van der Waals surface area contributed by atoms with Gasteiger partial charge in [0.2, 0.25) is 0 Å². The van der Waals surface area contributed by atoms with Crippen molar-refractivity contribution in [1.82, 2.24) is 5.32 Å². The van der Waals surface area contributed by atoms with Crippen LogP contribution in [0.25, 0.3) is 0 Å². The second-order valence-corrected chi connectivity index (χ2v) is 6.18. The fourth-order valence-electron chi connectivity index (χ4n) is 3.69. The van der Waals surface area contributed by atoms with E-state index in [-0.39, 0.29) is 5.54 Å². The van der Waals surface area contributed by atoms with Crippen LogP contribution in [0, 0.1) is 11.8 Å². The summed E-state index contributed by atoms with van der Waals surface area (Å²) in [4.78, 5) is 12.8. The molecule has 0 bridgehead atoms. The van der Waals surface area contributed by atoms with Crippen molar-refractivity contribution in [3.05, 3.63) is 0 Å². The second kappa shape index (κ2) is 5.51. The van der Waals surface area contributed by atoms with Crippen molar-refractivity contribution in [2.45, 2.75) is 70.8 Å². The summed E-state index contributed by atoms with van der Waals surface area (Å²) >= 11 is 0. The van der Waals surface area contributed by atoms with Crippen LogP contribution in [0.1, 0.15) is 65.2 Å². The third-order valence-corrected chi connectivity index (χ3v) is 4.78. The van der Waals surface area contributed by atoms with Crippen LogP contribution < -0.4 is 5.32 Å². The number of rotatable bonds is 4. The first-order chi connectivity index (χ1) is 8.18. The van der Waals surface area contributed by atoms with Gasteiger partial charge in [0, 0.05) is 5.92 Å². The van der Waals surface area contributed by atoms with Crippen LogP contribution >= 0.6 is 0 Å². The van der Waals surface area contributed by atoms with E-state index in [2.05, 4.69) is 19.2 Å². The topological polar surface area (TPSA) is 29.1 Å². The van der Waals surface area contributed by atoms with Crippen molar-refractivity contribution < 1.29 is 4.79 Å². The van der Waals surface area contributed by atoms with Gasteiger partial charge in [0.05, 0.1) is 5.54 Å². The fourth-order valence-corrected chi connectivity index (χ4v) is 3.69. The number of hydrogen-bond acceptors (Lipinski definition) is 2. The summed E-state index contributed by atoms with van der Waals surface area (Å²) in [5.74, 6) is 1.73. The number of Topliss-reactive ketones (excluding diaryl/α,β-unsaturated/α-hetero) is 1. The van der Waals surface area contributed by atoms with Gasteiger partial charge < -0.3 is 5.32 Å². The molecular weight excluding hydrogens is 210 g/mol. The highest BCUT2D eigenvalue weighted by molar-refractivity contribution is 5.90. The van der Waals surface area contributed by atoms with Crippen molar-refractivity contribution in [3.63, 3.8) is 0 Å². The largest absolute Gasteiger partial charge is 0.305 e. The fraction of sp³-hybridized carbons (Fsp3) is 0.933. The first kappa shape index (κ1) is 13.1. The van der Waals surface area contributed by atoms with E-state index < -0.39 is 0 Å². The molecule has 2 heteroatoms. The van der Waals surface area contributed by atoms with Gasteiger partial charge in [-0.05, 0) is 44.6 Å². The first-order valence-corrected chi connectivity index (χ1v) is 7.47. The lowest BCUT2D eigenvalue weighted by atomic mass is 9.73. The molecule has 1 N–H and O–H groups in total. The highest BCUT2D eigenvalue weighted by atomic mass is 16.1. The normalized spacial score (nSPS) is 38.2. The van der Waals surface area contributed by atoms with Crippen LogP contribution in [0.5, 0.6) is 0 Å². The Bertz CT molecular complexity index is 260. The molecule has 2 aliphatic rings. The zero-order chi connectivity index (χ0) is 12.3. The third kappa shape index (κ3) is 2.73. The molecule has 17 heavy (non-hydrogen) atoms. The lowest BCUT2D eigenvalue weighted by molar-refractivity contribution is -0.130. The van der Waals surface area contributed by atoms with E-state index in [4.69, 9.17) is 0 Å². The minimum absolute atomic E-state index is 0.139. The summed E-state index contributed by atoms with van der Waals surface area (Å²) in [5.41, 5.74) is -0.139. The molecule has 1 saturated carbocycles. The average molecular weight is 237 g/mol. The summed E-state index contributed by atoms with van der Waals surface area (Å²) < 4.78 is 0. The second-order valence-electron chi connectivity index (χ2n) is 6.18. The zero-order valence-corrected chi connectivity index (χ0v) is 11.4. The number of ketones is 1. The van der Waals surface area contributed by atoms with Gasteiger partial charge in [-0.3, -0.25) is 4.79 Å². The molecule has 0 aromatic rings. The minimum atomic E-state index is -0.139. The lowest BCUT2D eigenvalue weighted by Crippen LogP contribution is -2.50. The molecule has 1 aliphatic heterocycles. The van der Waals surface area contributed by atoms with Gasteiger partial charge in [-0.25, -0.2) is 0 Å². The Morgan fingerprint density at radius 3 is 2.53 bits per heavy atom. The van der Waals surface area contributed by atoms with Crippen LogP contribution in [-0.2, 0) is 4.79 Å². The molecule has 98 valence electrons. The van der Waals surface area contributed by atoms with Gasteiger partial charge >= 0.3 is 0 Å². The van der Waals surface area contributed by atoms with Gasteiger partial charge in [-0.2, -0.15) is 0 Å². The van der Waals surface area contributed by atoms with Crippen molar-refractivity contribution in [2.75, 3.05) is 6.54 Å². The van der Waals surface area contributed by atoms with E-state index >= 15 is 0 Å². The summed E-state index contributed by atoms with van der Waals surface area (Å²) in [5, 5.41) is 3.53. The Balaban J connectivity index is 2.01. The van der Waals surface area contributed by atoms with E-state index in [0.717, 1.165) is 44.6 Å². The smallest absolute Gasteiger partial charge is 0.155 e. The van der Waals surface area contributed by atoms with Gasteiger partial charge in [-0.15, -0.1) is 0 Å². The standard InChI is InChI=1S/C15H27NO/c1-3-9-15(10-4-11-16-15)14(17)13-7-5-12(2)6-8-13/h12-13,16H,3-11H2,1-2H3. The van der Waals surface area contributed by atoms with E-state index in [1.54, 1.807) is 0 Å². The van der Waals surface area contributed by atoms with E-state index in [1.807, 2.05) is 0 Å². The van der Waals surface area contributed by atoms with Gasteiger partial charge in [0.25, 0.3) is 0 Å². The van der Waals surface area contributed by atoms with Crippen molar-refractivity contribution in [2.24, 2.45) is 11.8 Å². The Morgan fingerprint density at radius 1 is 1.29 bits per heavy atom. The SMILES string of the molecule is CCCC1(C(=O)C2CCC(C)CC2)CCCN1. The van der Waals surface area contributed by atoms with Gasteiger partial charge in [0.1, 0.15) is 0 Å². The lowest BCUT2D eigenvalue weighted by Gasteiger charge is -2.34. The number of nitrogens with one attached hydrogen (secondary N) is 1. The molecule has 1 saturated heterocycles. The summed E-state index contributed by atoms with van der Waals surface area (Å²) in [6, 6.07) is 0.